The van der Waals surface area contributed by atoms with Gasteiger partial charge in [-0.15, -0.1) is 11.8 Å². The number of carbonyl (C=O) groups is 1. The molecule has 100 valence electrons. The molecule has 0 aromatic rings. The van der Waals surface area contributed by atoms with Crippen LogP contribution in [0, 0.1) is 0 Å². The molecule has 17 heavy (non-hydrogen) atoms. The molecule has 1 unspecified atom stereocenters. The highest BCUT2D eigenvalue weighted by atomic mass is 32.2. The Labute approximate surface area is 109 Å². The maximum atomic E-state index is 11.9. The molecular weight excluding hydrogens is 236 g/mol. The van der Waals surface area contributed by atoms with Crippen molar-refractivity contribution in [2.75, 3.05) is 12.9 Å². The molecule has 0 N–H and O–H groups in total. The molecule has 0 saturated carbocycles. The smallest absolute Gasteiger partial charge is 0.310 e. The van der Waals surface area contributed by atoms with Gasteiger partial charge >= 0.3 is 5.97 Å². The van der Waals surface area contributed by atoms with Gasteiger partial charge in [0.05, 0.1) is 6.42 Å². The van der Waals surface area contributed by atoms with Gasteiger partial charge in [0, 0.05) is 6.61 Å². The van der Waals surface area contributed by atoms with Gasteiger partial charge in [-0.2, -0.15) is 0 Å². The molecule has 0 radical (unpaired) electrons. The Morgan fingerprint density at radius 2 is 2.06 bits per heavy atom. The van der Waals surface area contributed by atoms with Crippen molar-refractivity contribution < 1.29 is 14.3 Å². The van der Waals surface area contributed by atoms with Crippen molar-refractivity contribution >= 4 is 17.7 Å². The van der Waals surface area contributed by atoms with Gasteiger partial charge in [-0.05, 0) is 46.3 Å². The number of carbonyl (C=O) groups excluding carboxylic acids is 1. The summed E-state index contributed by atoms with van der Waals surface area (Å²) in [6.45, 7) is 6.43. The Hall–Kier alpha value is -0.220. The van der Waals surface area contributed by atoms with Crippen LogP contribution < -0.4 is 0 Å². The molecular formula is C13H24O3S. The largest absolute Gasteiger partial charge is 0.460 e. The van der Waals surface area contributed by atoms with Crippen molar-refractivity contribution in [2.45, 2.75) is 63.4 Å². The molecule has 3 nitrogen and oxygen atoms in total. The summed E-state index contributed by atoms with van der Waals surface area (Å²) in [6.07, 6.45) is 6.71. The van der Waals surface area contributed by atoms with E-state index in [2.05, 4.69) is 0 Å². The molecule has 1 aliphatic heterocycles. The summed E-state index contributed by atoms with van der Waals surface area (Å²) in [7, 11) is 0. The van der Waals surface area contributed by atoms with Gasteiger partial charge in [-0.1, -0.05) is 6.42 Å². The average Bonchev–Trinajstić information content (AvgIpc) is 2.41. The SMILES string of the molecule is CSC1(CC(=O)OC(C)(C)C)CCCCCO1. The summed E-state index contributed by atoms with van der Waals surface area (Å²) in [6, 6.07) is 0. The van der Waals surface area contributed by atoms with E-state index in [-0.39, 0.29) is 10.9 Å². The fraction of sp³-hybridized carbons (Fsp3) is 0.923. The number of thioether (sulfide) groups is 1. The fourth-order valence-electron chi connectivity index (χ4n) is 1.97. The van der Waals surface area contributed by atoms with Gasteiger partial charge in [0.15, 0.2) is 0 Å². The molecule has 1 atom stereocenters. The molecule has 1 fully saturated rings. The zero-order chi connectivity index (χ0) is 12.9. The normalized spacial score (nSPS) is 26.4. The van der Waals surface area contributed by atoms with Crippen LogP contribution in [0.1, 0.15) is 52.9 Å². The highest BCUT2D eigenvalue weighted by molar-refractivity contribution is 7.99. The predicted molar refractivity (Wildman–Crippen MR) is 71.1 cm³/mol. The molecule has 1 heterocycles. The van der Waals surface area contributed by atoms with Crippen LogP contribution in [0.5, 0.6) is 0 Å². The van der Waals surface area contributed by atoms with E-state index in [9.17, 15) is 4.79 Å². The standard InChI is InChI=1S/C13H24O3S/c1-12(2,3)16-11(14)10-13(17-4)8-6-5-7-9-15-13/h5-10H2,1-4H3. The van der Waals surface area contributed by atoms with Crippen LogP contribution >= 0.6 is 11.8 Å². The van der Waals surface area contributed by atoms with Crippen molar-refractivity contribution in [2.24, 2.45) is 0 Å². The third kappa shape index (κ3) is 5.30. The minimum atomic E-state index is -0.415. The number of rotatable bonds is 3. The Kier molecular flexibility index (Phi) is 5.32. The lowest BCUT2D eigenvalue weighted by Crippen LogP contribution is -2.34. The van der Waals surface area contributed by atoms with Crippen molar-refractivity contribution in [1.29, 1.82) is 0 Å². The molecule has 1 rings (SSSR count). The first-order chi connectivity index (χ1) is 7.87. The topological polar surface area (TPSA) is 35.5 Å². The van der Waals surface area contributed by atoms with Crippen molar-refractivity contribution in [3.05, 3.63) is 0 Å². The fourth-order valence-corrected chi connectivity index (χ4v) is 2.79. The summed E-state index contributed by atoms with van der Waals surface area (Å²) < 4.78 is 11.3. The number of esters is 1. The van der Waals surface area contributed by atoms with Gasteiger partial charge in [0.25, 0.3) is 0 Å². The third-order valence-corrected chi connectivity index (χ3v) is 3.98. The predicted octanol–water partition coefficient (Wildman–Crippen LogP) is 3.37. The van der Waals surface area contributed by atoms with Gasteiger partial charge in [-0.25, -0.2) is 0 Å². The van der Waals surface area contributed by atoms with Gasteiger partial charge in [0.1, 0.15) is 10.5 Å². The highest BCUT2D eigenvalue weighted by Crippen LogP contribution is 2.37. The van der Waals surface area contributed by atoms with Crippen LogP contribution in [0.3, 0.4) is 0 Å². The average molecular weight is 260 g/mol. The van der Waals surface area contributed by atoms with Crippen LogP contribution in [0.4, 0.5) is 0 Å². The first kappa shape index (κ1) is 14.8. The Balaban J connectivity index is 2.58. The van der Waals surface area contributed by atoms with E-state index < -0.39 is 5.60 Å². The lowest BCUT2D eigenvalue weighted by molar-refractivity contribution is -0.159. The van der Waals surface area contributed by atoms with Crippen LogP contribution in [0.15, 0.2) is 0 Å². The van der Waals surface area contributed by atoms with Crippen LogP contribution in [-0.2, 0) is 14.3 Å². The van der Waals surface area contributed by atoms with Gasteiger partial charge < -0.3 is 9.47 Å². The van der Waals surface area contributed by atoms with Crippen LogP contribution in [0.2, 0.25) is 0 Å². The Morgan fingerprint density at radius 3 is 2.65 bits per heavy atom. The van der Waals surface area contributed by atoms with E-state index in [1.165, 1.54) is 6.42 Å². The van der Waals surface area contributed by atoms with Gasteiger partial charge in [-0.3, -0.25) is 4.79 Å². The zero-order valence-corrected chi connectivity index (χ0v) is 12.2. The van der Waals surface area contributed by atoms with Crippen LogP contribution in [-0.4, -0.2) is 29.4 Å². The lowest BCUT2D eigenvalue weighted by atomic mass is 10.1. The number of ether oxygens (including phenoxy) is 2. The summed E-state index contributed by atoms with van der Waals surface area (Å²) in [4.78, 5) is 11.5. The summed E-state index contributed by atoms with van der Waals surface area (Å²) in [5.41, 5.74) is -0.415. The molecule has 0 spiro atoms. The second-order valence-corrected chi connectivity index (χ2v) is 6.69. The monoisotopic (exact) mass is 260 g/mol. The van der Waals surface area contributed by atoms with E-state index in [0.717, 1.165) is 25.9 Å². The third-order valence-electron chi connectivity index (χ3n) is 2.77. The maximum absolute atomic E-state index is 11.9. The number of hydrogen-bond donors (Lipinski definition) is 0. The molecule has 0 aromatic carbocycles. The molecule has 0 amide bonds. The Morgan fingerprint density at radius 1 is 1.35 bits per heavy atom. The highest BCUT2D eigenvalue weighted by Gasteiger charge is 2.35. The molecule has 0 aliphatic carbocycles. The van der Waals surface area contributed by atoms with E-state index in [1.54, 1.807) is 11.8 Å². The minimum Gasteiger partial charge on any atom is -0.460 e. The quantitative estimate of drug-likeness (QED) is 0.729. The second-order valence-electron chi connectivity index (χ2n) is 5.54. The lowest BCUT2D eigenvalue weighted by Gasteiger charge is -2.31. The first-order valence-electron chi connectivity index (χ1n) is 6.28. The Bertz CT molecular complexity index is 250. The summed E-state index contributed by atoms with van der Waals surface area (Å²) in [5.74, 6) is -0.159. The van der Waals surface area contributed by atoms with E-state index >= 15 is 0 Å². The zero-order valence-electron chi connectivity index (χ0n) is 11.4. The molecule has 1 aliphatic rings. The van der Waals surface area contributed by atoms with Crippen LogP contribution in [0.25, 0.3) is 0 Å². The van der Waals surface area contributed by atoms with E-state index in [1.807, 2.05) is 27.0 Å². The second kappa shape index (κ2) is 6.10. The minimum absolute atomic E-state index is 0.159. The van der Waals surface area contributed by atoms with Crippen molar-refractivity contribution in [1.82, 2.24) is 0 Å². The maximum Gasteiger partial charge on any atom is 0.310 e. The molecule has 4 heteroatoms. The molecule has 1 saturated heterocycles. The number of hydrogen-bond acceptors (Lipinski definition) is 4. The summed E-state index contributed by atoms with van der Waals surface area (Å²) >= 11 is 1.64. The van der Waals surface area contributed by atoms with Gasteiger partial charge in [0.2, 0.25) is 0 Å². The van der Waals surface area contributed by atoms with Crippen molar-refractivity contribution in [3.8, 4) is 0 Å². The molecule has 0 aromatic heterocycles. The molecule has 0 bridgehead atoms. The van der Waals surface area contributed by atoms with E-state index in [4.69, 9.17) is 9.47 Å². The summed E-state index contributed by atoms with van der Waals surface area (Å²) in [5, 5.41) is 0. The first-order valence-corrected chi connectivity index (χ1v) is 7.50. The van der Waals surface area contributed by atoms with E-state index in [0.29, 0.717) is 6.42 Å². The van der Waals surface area contributed by atoms with Crippen molar-refractivity contribution in [3.63, 3.8) is 0 Å².